The molecule has 0 radical (unpaired) electrons. The van der Waals surface area contributed by atoms with Crippen molar-refractivity contribution in [1.82, 2.24) is 14.4 Å². The number of fused-ring (bicyclic) bond motifs is 8. The number of pyridine rings is 2. The van der Waals surface area contributed by atoms with E-state index in [1.807, 2.05) is 0 Å². The maximum atomic E-state index is 5.54. The topological polar surface area (TPSA) is 30.2 Å². The Hall–Kier alpha value is -3.46. The van der Waals surface area contributed by atoms with Gasteiger partial charge in [-0.25, -0.2) is 0 Å². The average Bonchev–Trinajstić information content (AvgIpc) is 3.47. The molecule has 0 spiro atoms. The van der Waals surface area contributed by atoms with Gasteiger partial charge in [-0.05, 0) is 170 Å². The first-order valence-corrected chi connectivity index (χ1v) is 19.4. The van der Waals surface area contributed by atoms with Crippen LogP contribution in [0.4, 0.5) is 0 Å². The van der Waals surface area contributed by atoms with E-state index in [9.17, 15) is 0 Å². The first-order chi connectivity index (χ1) is 23.2. The van der Waals surface area contributed by atoms with Crippen molar-refractivity contribution in [3.8, 4) is 11.1 Å². The number of rotatable bonds is 0. The summed E-state index contributed by atoms with van der Waals surface area (Å²) in [6, 6.07) is 7.25. The molecule has 4 atom stereocenters. The number of hydrogen-bond donors (Lipinski definition) is 0. The number of aromatic nitrogens is 3. The molecule has 16 rings (SSSR count). The van der Waals surface area contributed by atoms with Crippen molar-refractivity contribution in [2.75, 3.05) is 0 Å². The van der Waals surface area contributed by atoms with Crippen molar-refractivity contribution in [2.24, 2.45) is 23.7 Å². The minimum Gasteiger partial charge on any atom is -0.305 e. The molecule has 232 valence electrons. The molecule has 4 fully saturated rings. The van der Waals surface area contributed by atoms with E-state index in [4.69, 9.17) is 9.97 Å². The summed E-state index contributed by atoms with van der Waals surface area (Å²) in [6.45, 7) is 0. The number of nitrogens with zero attached hydrogens (tertiary/aromatic N) is 3. The van der Waals surface area contributed by atoms with Crippen LogP contribution in [0.5, 0.6) is 0 Å². The Balaban J connectivity index is 1.22. The molecule has 0 amide bonds. The van der Waals surface area contributed by atoms with Crippen LogP contribution in [-0.2, 0) is 25.7 Å². The molecular weight excluding hydrogens is 571 g/mol. The third-order valence-electron chi connectivity index (χ3n) is 15.8. The first-order valence-electron chi connectivity index (χ1n) is 19.4. The molecule has 6 aromatic rings. The van der Waals surface area contributed by atoms with E-state index >= 15 is 0 Å². The van der Waals surface area contributed by atoms with Gasteiger partial charge < -0.3 is 4.40 Å². The Morgan fingerprint density at radius 1 is 0.489 bits per heavy atom. The molecule has 2 aromatic carbocycles. The van der Waals surface area contributed by atoms with Gasteiger partial charge in [0.15, 0.2) is 0 Å². The first kappa shape index (κ1) is 24.6. The van der Waals surface area contributed by atoms with Crippen molar-refractivity contribution in [3.05, 3.63) is 75.4 Å². The molecule has 0 aliphatic heterocycles. The summed E-state index contributed by atoms with van der Waals surface area (Å²) in [5.74, 6) is 6.34. The summed E-state index contributed by atoms with van der Waals surface area (Å²) in [5, 5.41) is 6.52. The van der Waals surface area contributed by atoms with Crippen LogP contribution >= 0.6 is 0 Å². The normalized spacial score (nSPS) is 33.6. The second-order valence-corrected chi connectivity index (χ2v) is 18.0. The molecule has 4 aromatic heterocycles. The zero-order chi connectivity index (χ0) is 29.9. The quantitative estimate of drug-likeness (QED) is 0.171. The van der Waals surface area contributed by atoms with Gasteiger partial charge in [-0.15, -0.1) is 0 Å². The Labute approximate surface area is 275 Å². The lowest BCUT2D eigenvalue weighted by Gasteiger charge is -2.38. The van der Waals surface area contributed by atoms with Crippen LogP contribution in [0, 0.1) is 23.7 Å². The monoisotopic (exact) mass is 611 g/mol. The van der Waals surface area contributed by atoms with Crippen molar-refractivity contribution < 1.29 is 0 Å². The van der Waals surface area contributed by atoms with Crippen LogP contribution in [0.1, 0.15) is 133 Å². The molecule has 3 heteroatoms. The van der Waals surface area contributed by atoms with Crippen LogP contribution in [-0.4, -0.2) is 14.4 Å². The summed E-state index contributed by atoms with van der Waals surface area (Å²) in [7, 11) is 0. The molecule has 0 N–H and O–H groups in total. The van der Waals surface area contributed by atoms with Crippen molar-refractivity contribution in [2.45, 2.75) is 114 Å². The third kappa shape index (κ3) is 2.78. The van der Waals surface area contributed by atoms with Crippen molar-refractivity contribution in [1.29, 1.82) is 0 Å². The lowest BCUT2D eigenvalue weighted by molar-refractivity contribution is 0.165. The maximum absolute atomic E-state index is 5.54. The summed E-state index contributed by atoms with van der Waals surface area (Å²) < 4.78 is 2.74. The van der Waals surface area contributed by atoms with E-state index in [2.05, 4.69) is 35.0 Å². The molecule has 4 heterocycles. The zero-order valence-electron chi connectivity index (χ0n) is 27.2. The highest BCUT2D eigenvalue weighted by atomic mass is 15.0. The van der Waals surface area contributed by atoms with E-state index in [0.717, 1.165) is 23.7 Å². The Morgan fingerprint density at radius 3 is 1.45 bits per heavy atom. The largest absolute Gasteiger partial charge is 0.305 e. The third-order valence-corrected chi connectivity index (χ3v) is 15.8. The predicted molar refractivity (Wildman–Crippen MR) is 188 cm³/mol. The minimum absolute atomic E-state index is 0.670. The van der Waals surface area contributed by atoms with Crippen LogP contribution in [0.3, 0.4) is 0 Å². The summed E-state index contributed by atoms with van der Waals surface area (Å²) in [6.07, 6.45) is 23.4. The molecular formula is C44H41N3. The van der Waals surface area contributed by atoms with Gasteiger partial charge in [0.05, 0.1) is 28.9 Å². The fourth-order valence-corrected chi connectivity index (χ4v) is 14.7. The summed E-state index contributed by atoms with van der Waals surface area (Å²) >= 11 is 0. The van der Waals surface area contributed by atoms with E-state index < -0.39 is 0 Å². The second kappa shape index (κ2) is 8.04. The minimum atomic E-state index is 0.670. The molecule has 0 saturated heterocycles. The summed E-state index contributed by atoms with van der Waals surface area (Å²) in [5.41, 5.74) is 20.6. The molecule has 10 aliphatic rings. The Kier molecular flexibility index (Phi) is 4.22. The van der Waals surface area contributed by atoms with Crippen LogP contribution in [0.15, 0.2) is 30.6 Å². The van der Waals surface area contributed by atoms with Crippen molar-refractivity contribution >= 4 is 38.1 Å². The van der Waals surface area contributed by atoms with Crippen molar-refractivity contribution in [3.63, 3.8) is 0 Å². The van der Waals surface area contributed by atoms with Gasteiger partial charge in [0, 0.05) is 44.8 Å². The van der Waals surface area contributed by atoms with Crippen LogP contribution < -0.4 is 0 Å². The van der Waals surface area contributed by atoms with Gasteiger partial charge >= 0.3 is 0 Å². The predicted octanol–water partition coefficient (Wildman–Crippen LogP) is 10.3. The van der Waals surface area contributed by atoms with Gasteiger partial charge in [-0.1, -0.05) is 18.2 Å². The van der Waals surface area contributed by atoms with Gasteiger partial charge in [0.2, 0.25) is 0 Å². The lowest BCUT2D eigenvalue weighted by atomic mass is 9.67. The number of benzene rings is 2. The van der Waals surface area contributed by atoms with Gasteiger partial charge in [-0.2, -0.15) is 0 Å². The lowest BCUT2D eigenvalue weighted by Crippen LogP contribution is -2.25. The Bertz CT molecular complexity index is 2260. The van der Waals surface area contributed by atoms with Crippen LogP contribution in [0.2, 0.25) is 0 Å². The highest BCUT2D eigenvalue weighted by Gasteiger charge is 2.47. The smallest absolute Gasteiger partial charge is 0.0728 e. The molecule has 4 saturated carbocycles. The van der Waals surface area contributed by atoms with Gasteiger partial charge in [-0.3, -0.25) is 9.97 Å². The van der Waals surface area contributed by atoms with E-state index in [0.29, 0.717) is 23.7 Å². The summed E-state index contributed by atoms with van der Waals surface area (Å²) in [4.78, 5) is 11.1. The molecule has 3 nitrogen and oxygen atoms in total. The number of hydrogen-bond acceptors (Lipinski definition) is 2. The zero-order valence-corrected chi connectivity index (χ0v) is 27.2. The van der Waals surface area contributed by atoms with Crippen LogP contribution in [0.25, 0.3) is 49.2 Å². The van der Waals surface area contributed by atoms with E-state index in [1.165, 1.54) is 112 Å². The van der Waals surface area contributed by atoms with E-state index in [1.54, 1.807) is 71.6 Å². The SMILES string of the molecule is c1cc2c3c(c1)CCc1c-3c(c3c4c5c(ncc4n4c6cnc7c(c6c1c34)C1CC3CC(CC7C3)C1)C1CC3CC(C1)CC5C3)CC2. The molecule has 4 unspecified atom stereocenters. The standard InChI is InChI=1S/C44H41N3/c1-2-24-4-6-30-37-31(7-5-25(3-1)34(24)37)39-41-33(19-46-43-29-16-22-9-23(17-29)13-27(12-22)36(41)43)47-32-18-45-42-28-14-20-8-21(15-28)11-26(10-20)35(42)40(32)38(30)44(39)47/h1-3,18-23,26-29H,4-17H2. The highest BCUT2D eigenvalue weighted by molar-refractivity contribution is 6.28. The molecule has 8 bridgehead atoms. The maximum Gasteiger partial charge on any atom is 0.0728 e. The second-order valence-electron chi connectivity index (χ2n) is 18.0. The fraction of sp³-hybridized carbons (Fsp3) is 0.500. The van der Waals surface area contributed by atoms with E-state index in [-0.39, 0.29) is 0 Å². The Morgan fingerprint density at radius 2 is 0.957 bits per heavy atom. The van der Waals surface area contributed by atoms with Gasteiger partial charge in [0.1, 0.15) is 0 Å². The number of aryl methyl sites for hydroxylation is 4. The fourth-order valence-electron chi connectivity index (χ4n) is 14.7. The molecule has 10 aliphatic carbocycles. The molecule has 47 heavy (non-hydrogen) atoms. The van der Waals surface area contributed by atoms with Gasteiger partial charge in [0.25, 0.3) is 0 Å². The average molecular weight is 612 g/mol. The highest BCUT2D eigenvalue weighted by Crippen LogP contribution is 2.62.